The lowest BCUT2D eigenvalue weighted by Crippen LogP contribution is -1.98. The first-order chi connectivity index (χ1) is 4.93. The molecule has 62 valence electrons. The molecule has 0 unspecified atom stereocenters. The molecule has 1 rings (SSSR count). The summed E-state index contributed by atoms with van der Waals surface area (Å²) in [6, 6.07) is 9.80. The molecule has 1 N–H and O–H groups in total. The van der Waals surface area contributed by atoms with E-state index in [0.29, 0.717) is 6.61 Å². The van der Waals surface area contributed by atoms with Crippen LogP contribution in [0.25, 0.3) is 0 Å². The number of rotatable bonds is 3. The average Bonchev–Trinajstić information content (AvgIpc) is 2.03. The van der Waals surface area contributed by atoms with Crippen molar-refractivity contribution in [2.24, 2.45) is 0 Å². The molecular weight excluding hydrogens is 162 g/mol. The van der Waals surface area contributed by atoms with Gasteiger partial charge in [-0.2, -0.15) is 0 Å². The van der Waals surface area contributed by atoms with Gasteiger partial charge in [0.05, 0.1) is 12.3 Å². The highest BCUT2D eigenvalue weighted by Crippen LogP contribution is 2.03. The molecule has 0 bridgehead atoms. The van der Waals surface area contributed by atoms with Gasteiger partial charge in [0.15, 0.2) is 0 Å². The second-order valence-corrected chi connectivity index (χ2v) is 1.90. The summed E-state index contributed by atoms with van der Waals surface area (Å²) in [6.45, 7) is 2.62. The van der Waals surface area contributed by atoms with E-state index in [-0.39, 0.29) is 12.4 Å². The van der Waals surface area contributed by atoms with Crippen molar-refractivity contribution in [1.29, 1.82) is 0 Å². The van der Waals surface area contributed by atoms with Crippen molar-refractivity contribution in [3.8, 4) is 0 Å². The van der Waals surface area contributed by atoms with Gasteiger partial charge in [0.1, 0.15) is 0 Å². The molecule has 0 aromatic heterocycles. The molecule has 3 heteroatoms. The number of halogens is 1. The molecule has 0 heterocycles. The topological polar surface area (TPSA) is 21.3 Å². The second-order valence-electron chi connectivity index (χ2n) is 1.90. The van der Waals surface area contributed by atoms with E-state index in [1.807, 2.05) is 37.3 Å². The highest BCUT2D eigenvalue weighted by atomic mass is 35.5. The van der Waals surface area contributed by atoms with Crippen LogP contribution in [0.3, 0.4) is 0 Å². The Balaban J connectivity index is 0.000001000. The van der Waals surface area contributed by atoms with E-state index in [0.717, 1.165) is 5.69 Å². The van der Waals surface area contributed by atoms with Gasteiger partial charge in [-0.25, -0.2) is 0 Å². The number of benzene rings is 1. The molecular formula is C8H12ClNO. The van der Waals surface area contributed by atoms with Crippen LogP contribution >= 0.6 is 12.4 Å². The first-order valence-corrected chi connectivity index (χ1v) is 3.36. The molecule has 11 heavy (non-hydrogen) atoms. The lowest BCUT2D eigenvalue weighted by atomic mass is 10.3. The summed E-state index contributed by atoms with van der Waals surface area (Å²) in [5.74, 6) is 0. The third kappa shape index (κ3) is 3.86. The van der Waals surface area contributed by atoms with E-state index < -0.39 is 0 Å². The Morgan fingerprint density at radius 2 is 1.91 bits per heavy atom. The van der Waals surface area contributed by atoms with Gasteiger partial charge >= 0.3 is 0 Å². The SMILES string of the molecule is CCONc1ccccc1.Cl. The van der Waals surface area contributed by atoms with E-state index in [1.165, 1.54) is 0 Å². The zero-order chi connectivity index (χ0) is 7.23. The molecule has 2 nitrogen and oxygen atoms in total. The molecule has 0 atom stereocenters. The summed E-state index contributed by atoms with van der Waals surface area (Å²) >= 11 is 0. The van der Waals surface area contributed by atoms with Gasteiger partial charge in [0.2, 0.25) is 0 Å². The summed E-state index contributed by atoms with van der Waals surface area (Å²) < 4.78 is 0. The predicted octanol–water partition coefficient (Wildman–Crippen LogP) is 2.47. The molecule has 0 spiro atoms. The van der Waals surface area contributed by atoms with Crippen LogP contribution in [-0.4, -0.2) is 6.61 Å². The fourth-order valence-electron chi connectivity index (χ4n) is 0.662. The Morgan fingerprint density at radius 3 is 2.45 bits per heavy atom. The smallest absolute Gasteiger partial charge is 0.0717 e. The number of para-hydroxylation sites is 1. The standard InChI is InChI=1S/C8H11NO.ClH/c1-2-10-9-8-6-4-3-5-7-8;/h3-7,9H,2H2,1H3;1H. The molecule has 0 aliphatic heterocycles. The van der Waals surface area contributed by atoms with Gasteiger partial charge in [0.25, 0.3) is 0 Å². The first kappa shape index (κ1) is 10.3. The zero-order valence-electron chi connectivity index (χ0n) is 6.41. The van der Waals surface area contributed by atoms with Crippen molar-refractivity contribution in [1.82, 2.24) is 0 Å². The van der Waals surface area contributed by atoms with Gasteiger partial charge in [-0.15, -0.1) is 12.4 Å². The Morgan fingerprint density at radius 1 is 1.27 bits per heavy atom. The normalized spacial score (nSPS) is 8.45. The van der Waals surface area contributed by atoms with Crippen molar-refractivity contribution in [3.05, 3.63) is 30.3 Å². The second kappa shape index (κ2) is 6.01. The average molecular weight is 174 g/mol. The molecule has 1 aromatic carbocycles. The highest BCUT2D eigenvalue weighted by Gasteiger charge is 1.84. The van der Waals surface area contributed by atoms with Crippen LogP contribution in [0.5, 0.6) is 0 Å². The number of anilines is 1. The van der Waals surface area contributed by atoms with E-state index >= 15 is 0 Å². The van der Waals surface area contributed by atoms with Crippen molar-refractivity contribution in [3.63, 3.8) is 0 Å². The minimum absolute atomic E-state index is 0. The van der Waals surface area contributed by atoms with E-state index in [4.69, 9.17) is 4.84 Å². The highest BCUT2D eigenvalue weighted by molar-refractivity contribution is 5.85. The van der Waals surface area contributed by atoms with Crippen LogP contribution in [0.1, 0.15) is 6.92 Å². The van der Waals surface area contributed by atoms with Crippen molar-refractivity contribution < 1.29 is 4.84 Å². The van der Waals surface area contributed by atoms with Crippen molar-refractivity contribution >= 4 is 18.1 Å². The maximum atomic E-state index is 4.97. The Hall–Kier alpha value is -0.730. The first-order valence-electron chi connectivity index (χ1n) is 3.36. The number of hydrogen-bond acceptors (Lipinski definition) is 2. The zero-order valence-corrected chi connectivity index (χ0v) is 7.23. The molecule has 0 radical (unpaired) electrons. The third-order valence-corrected chi connectivity index (χ3v) is 1.11. The third-order valence-electron chi connectivity index (χ3n) is 1.11. The van der Waals surface area contributed by atoms with Crippen LogP contribution in [-0.2, 0) is 4.84 Å². The molecule has 0 saturated carbocycles. The van der Waals surface area contributed by atoms with Crippen LogP contribution in [0.2, 0.25) is 0 Å². The van der Waals surface area contributed by atoms with Crippen molar-refractivity contribution in [2.45, 2.75) is 6.92 Å². The Bertz CT molecular complexity index is 179. The number of nitrogens with one attached hydrogen (secondary N) is 1. The summed E-state index contributed by atoms with van der Waals surface area (Å²) in [5.41, 5.74) is 3.78. The lowest BCUT2D eigenvalue weighted by Gasteiger charge is -2.02. The van der Waals surface area contributed by atoms with Gasteiger partial charge < -0.3 is 0 Å². The van der Waals surface area contributed by atoms with Gasteiger partial charge in [0, 0.05) is 0 Å². The monoisotopic (exact) mass is 173 g/mol. The number of hydrogen-bond donors (Lipinski definition) is 1. The van der Waals surface area contributed by atoms with Crippen LogP contribution in [0.15, 0.2) is 30.3 Å². The fourth-order valence-corrected chi connectivity index (χ4v) is 0.662. The summed E-state index contributed by atoms with van der Waals surface area (Å²) in [6.07, 6.45) is 0. The molecule has 0 saturated heterocycles. The fraction of sp³-hybridized carbons (Fsp3) is 0.250. The Kier molecular flexibility index (Phi) is 5.61. The van der Waals surface area contributed by atoms with E-state index in [9.17, 15) is 0 Å². The van der Waals surface area contributed by atoms with E-state index in [2.05, 4.69) is 5.48 Å². The van der Waals surface area contributed by atoms with Crippen LogP contribution in [0, 0.1) is 0 Å². The van der Waals surface area contributed by atoms with E-state index in [1.54, 1.807) is 0 Å². The summed E-state index contributed by atoms with van der Waals surface area (Å²) in [5, 5.41) is 0. The molecule has 0 amide bonds. The molecule has 1 aromatic rings. The van der Waals surface area contributed by atoms with Crippen molar-refractivity contribution in [2.75, 3.05) is 12.1 Å². The van der Waals surface area contributed by atoms with Gasteiger partial charge in [-0.3, -0.25) is 10.3 Å². The predicted molar refractivity (Wildman–Crippen MR) is 48.9 cm³/mol. The van der Waals surface area contributed by atoms with Gasteiger partial charge in [-0.1, -0.05) is 18.2 Å². The minimum Gasteiger partial charge on any atom is -0.276 e. The molecule has 0 fully saturated rings. The minimum atomic E-state index is 0. The maximum absolute atomic E-state index is 4.97. The largest absolute Gasteiger partial charge is 0.276 e. The summed E-state index contributed by atoms with van der Waals surface area (Å²) in [4.78, 5) is 4.97. The maximum Gasteiger partial charge on any atom is 0.0717 e. The van der Waals surface area contributed by atoms with Crippen LogP contribution < -0.4 is 5.48 Å². The lowest BCUT2D eigenvalue weighted by molar-refractivity contribution is 0.210. The molecule has 0 aliphatic rings. The quantitative estimate of drug-likeness (QED) is 0.710. The molecule has 0 aliphatic carbocycles. The van der Waals surface area contributed by atoms with Gasteiger partial charge in [-0.05, 0) is 19.1 Å². The van der Waals surface area contributed by atoms with Crippen LogP contribution in [0.4, 0.5) is 5.69 Å². The summed E-state index contributed by atoms with van der Waals surface area (Å²) in [7, 11) is 0. The Labute approximate surface area is 72.9 Å².